The van der Waals surface area contributed by atoms with Crippen LogP contribution in [0.3, 0.4) is 0 Å². The number of halogens is 1. The topological polar surface area (TPSA) is 109 Å². The fraction of sp³-hybridized carbons (Fsp3) is 0.182. The number of hydrogen-bond donors (Lipinski definition) is 2. The molecule has 0 radical (unpaired) electrons. The number of aromatic carboxylic acids is 1. The van der Waals surface area contributed by atoms with E-state index in [2.05, 4.69) is 14.9 Å². The van der Waals surface area contributed by atoms with Gasteiger partial charge < -0.3 is 5.11 Å². The highest BCUT2D eigenvalue weighted by Crippen LogP contribution is 2.24. The van der Waals surface area contributed by atoms with E-state index in [1.165, 1.54) is 6.92 Å². The van der Waals surface area contributed by atoms with Gasteiger partial charge in [-0.3, -0.25) is 4.72 Å². The van der Waals surface area contributed by atoms with Crippen LogP contribution < -0.4 is 4.72 Å². The molecule has 0 spiro atoms. The molecule has 2 rings (SSSR count). The number of anilines is 1. The summed E-state index contributed by atoms with van der Waals surface area (Å²) in [6.45, 7) is 2.90. The van der Waals surface area contributed by atoms with Gasteiger partial charge in [0, 0.05) is 5.56 Å². The summed E-state index contributed by atoms with van der Waals surface area (Å²) in [5, 5.41) is 16.7. The molecule has 1 heterocycles. The third-order valence-electron chi connectivity index (χ3n) is 2.58. The Kier molecular flexibility index (Phi) is 3.92. The maximum Gasteiger partial charge on any atom is 0.335 e. The van der Waals surface area contributed by atoms with Crippen molar-refractivity contribution in [2.45, 2.75) is 18.7 Å². The average molecular weight is 331 g/mol. The number of carboxylic acid groups (broad SMARTS) is 1. The Labute approximate surface area is 123 Å². The zero-order chi connectivity index (χ0) is 15.8. The largest absolute Gasteiger partial charge is 0.478 e. The molecule has 0 amide bonds. The molecule has 2 N–H and O–H groups in total. The van der Waals surface area contributed by atoms with E-state index >= 15 is 0 Å². The summed E-state index contributed by atoms with van der Waals surface area (Å²) in [5.74, 6) is -2.33. The molecule has 0 aliphatic heterocycles. The third kappa shape index (κ3) is 3.16. The Bertz CT molecular complexity index is 817. The molecule has 2 aromatic rings. The number of benzene rings is 1. The Morgan fingerprint density at radius 2 is 2.00 bits per heavy atom. The molecule has 7 nitrogen and oxygen atoms in total. The summed E-state index contributed by atoms with van der Waals surface area (Å²) >= 11 is 1.01. The van der Waals surface area contributed by atoms with Crippen LogP contribution in [0.5, 0.6) is 0 Å². The quantitative estimate of drug-likeness (QED) is 0.884. The number of aromatic nitrogens is 2. The van der Waals surface area contributed by atoms with E-state index in [4.69, 9.17) is 5.11 Å². The van der Waals surface area contributed by atoms with Crippen LogP contribution in [-0.4, -0.2) is 29.7 Å². The maximum absolute atomic E-state index is 13.7. The fourth-order valence-electron chi connectivity index (χ4n) is 1.56. The Hall–Kier alpha value is -2.07. The predicted octanol–water partition coefficient (Wildman–Crippen LogP) is 1.79. The van der Waals surface area contributed by atoms with E-state index < -0.39 is 32.3 Å². The summed E-state index contributed by atoms with van der Waals surface area (Å²) in [7, 11) is -4.15. The first-order chi connectivity index (χ1) is 9.70. The minimum absolute atomic E-state index is 0.0213. The lowest BCUT2D eigenvalue weighted by molar-refractivity contribution is 0.0696. The molecule has 0 unspecified atom stereocenters. The number of carboxylic acids is 1. The van der Waals surface area contributed by atoms with Crippen molar-refractivity contribution in [3.8, 4) is 0 Å². The second kappa shape index (κ2) is 5.37. The minimum atomic E-state index is -4.15. The number of sulfonamides is 1. The number of rotatable bonds is 4. The van der Waals surface area contributed by atoms with Gasteiger partial charge in [0.05, 0.1) is 10.5 Å². The third-order valence-corrected chi connectivity index (χ3v) is 4.93. The van der Waals surface area contributed by atoms with Gasteiger partial charge in [-0.25, -0.2) is 17.6 Å². The highest BCUT2D eigenvalue weighted by molar-refractivity contribution is 7.93. The Morgan fingerprint density at radius 1 is 1.33 bits per heavy atom. The van der Waals surface area contributed by atoms with E-state index in [0.29, 0.717) is 5.01 Å². The number of nitrogens with zero attached hydrogens (tertiary/aromatic N) is 2. The fourth-order valence-corrected chi connectivity index (χ4v) is 3.67. The molecular formula is C11H10FN3O4S2. The van der Waals surface area contributed by atoms with Crippen LogP contribution in [0.15, 0.2) is 17.0 Å². The van der Waals surface area contributed by atoms with Gasteiger partial charge in [0.25, 0.3) is 10.0 Å². The van der Waals surface area contributed by atoms with Crippen molar-refractivity contribution >= 4 is 32.5 Å². The van der Waals surface area contributed by atoms with E-state index in [1.807, 2.05) is 0 Å². The van der Waals surface area contributed by atoms with Crippen LogP contribution in [0.4, 0.5) is 9.52 Å². The summed E-state index contributed by atoms with van der Waals surface area (Å²) in [6.07, 6.45) is 0. The molecule has 112 valence electrons. The van der Waals surface area contributed by atoms with Crippen molar-refractivity contribution < 1.29 is 22.7 Å². The van der Waals surface area contributed by atoms with E-state index in [-0.39, 0.29) is 10.7 Å². The average Bonchev–Trinajstić information content (AvgIpc) is 2.76. The Balaban J connectivity index is 2.51. The first kappa shape index (κ1) is 15.3. The van der Waals surface area contributed by atoms with Crippen LogP contribution in [0, 0.1) is 19.7 Å². The number of carbonyl (C=O) groups is 1. The Morgan fingerprint density at radius 3 is 2.52 bits per heavy atom. The van der Waals surface area contributed by atoms with E-state index in [1.54, 1.807) is 6.92 Å². The molecule has 1 aromatic heterocycles. The molecule has 21 heavy (non-hydrogen) atoms. The molecule has 10 heteroatoms. The van der Waals surface area contributed by atoms with Gasteiger partial charge in [-0.15, -0.1) is 10.2 Å². The van der Waals surface area contributed by atoms with E-state index in [0.717, 1.165) is 23.5 Å². The second-order valence-corrected chi connectivity index (χ2v) is 6.95. The van der Waals surface area contributed by atoms with Gasteiger partial charge in [0.2, 0.25) is 5.13 Å². The summed E-state index contributed by atoms with van der Waals surface area (Å²) in [4.78, 5) is 10.5. The number of nitrogens with one attached hydrogen (secondary N) is 1. The van der Waals surface area contributed by atoms with Gasteiger partial charge in [-0.1, -0.05) is 11.3 Å². The summed E-state index contributed by atoms with van der Waals surface area (Å²) in [6, 6.07) is 1.67. The van der Waals surface area contributed by atoms with Gasteiger partial charge in [-0.05, 0) is 26.0 Å². The maximum atomic E-state index is 13.7. The first-order valence-electron chi connectivity index (χ1n) is 5.57. The summed E-state index contributed by atoms with van der Waals surface area (Å²) in [5.41, 5.74) is -0.624. The molecule has 0 saturated heterocycles. The normalized spacial score (nSPS) is 11.4. The van der Waals surface area contributed by atoms with Crippen LogP contribution in [0.2, 0.25) is 0 Å². The lowest BCUT2D eigenvalue weighted by Gasteiger charge is -2.09. The first-order valence-corrected chi connectivity index (χ1v) is 7.87. The zero-order valence-electron chi connectivity index (χ0n) is 10.9. The molecule has 0 saturated carbocycles. The lowest BCUT2D eigenvalue weighted by Crippen LogP contribution is -2.16. The monoisotopic (exact) mass is 331 g/mol. The van der Waals surface area contributed by atoms with Gasteiger partial charge in [0.15, 0.2) is 0 Å². The van der Waals surface area contributed by atoms with Crippen LogP contribution in [-0.2, 0) is 10.0 Å². The van der Waals surface area contributed by atoms with Crippen molar-refractivity contribution in [1.29, 1.82) is 0 Å². The molecule has 0 atom stereocenters. The standard InChI is InChI=1S/C11H10FN3O4S2/c1-5-8(12)3-7(10(16)17)4-9(5)21(18,19)15-11-14-13-6(2)20-11/h3-4H,1-2H3,(H,14,15)(H,16,17). The van der Waals surface area contributed by atoms with Crippen molar-refractivity contribution in [1.82, 2.24) is 10.2 Å². The molecule has 0 fully saturated rings. The van der Waals surface area contributed by atoms with Gasteiger partial charge in [0.1, 0.15) is 10.8 Å². The number of hydrogen-bond acceptors (Lipinski definition) is 6. The SMILES string of the molecule is Cc1nnc(NS(=O)(=O)c2cc(C(=O)O)cc(F)c2C)s1. The van der Waals surface area contributed by atoms with Crippen LogP contribution in [0.1, 0.15) is 20.9 Å². The molecule has 0 aliphatic carbocycles. The van der Waals surface area contributed by atoms with Crippen LogP contribution in [0.25, 0.3) is 0 Å². The molecular weight excluding hydrogens is 321 g/mol. The number of aryl methyl sites for hydroxylation is 1. The van der Waals surface area contributed by atoms with Crippen molar-refractivity contribution in [2.75, 3.05) is 4.72 Å². The zero-order valence-corrected chi connectivity index (χ0v) is 12.5. The smallest absolute Gasteiger partial charge is 0.335 e. The molecule has 1 aromatic carbocycles. The minimum Gasteiger partial charge on any atom is -0.478 e. The molecule has 0 bridgehead atoms. The second-order valence-electron chi connectivity index (χ2n) is 4.12. The highest BCUT2D eigenvalue weighted by Gasteiger charge is 2.23. The van der Waals surface area contributed by atoms with Crippen molar-refractivity contribution in [2.24, 2.45) is 0 Å². The summed E-state index contributed by atoms with van der Waals surface area (Å²) < 4.78 is 40.3. The lowest BCUT2D eigenvalue weighted by atomic mass is 10.1. The highest BCUT2D eigenvalue weighted by atomic mass is 32.2. The van der Waals surface area contributed by atoms with E-state index in [9.17, 15) is 17.6 Å². The van der Waals surface area contributed by atoms with Crippen molar-refractivity contribution in [3.63, 3.8) is 0 Å². The van der Waals surface area contributed by atoms with Crippen LogP contribution >= 0.6 is 11.3 Å². The predicted molar refractivity (Wildman–Crippen MR) is 73.6 cm³/mol. The molecule has 0 aliphatic rings. The van der Waals surface area contributed by atoms with Gasteiger partial charge in [-0.2, -0.15) is 0 Å². The van der Waals surface area contributed by atoms with Gasteiger partial charge >= 0.3 is 5.97 Å². The van der Waals surface area contributed by atoms with Crippen molar-refractivity contribution in [3.05, 3.63) is 34.1 Å².